The molecule has 0 saturated heterocycles. The van der Waals surface area contributed by atoms with Crippen LogP contribution in [0.25, 0.3) is 82.8 Å². The Morgan fingerprint density at radius 2 is 0.788 bits per heavy atom. The molecule has 11 aromatic rings. The molecular weight excluding hydrogens is 687 g/mol. The first-order valence-electron chi connectivity index (χ1n) is 17.5. The molecule has 11 rings (SSSR count). The summed E-state index contributed by atoms with van der Waals surface area (Å²) >= 11 is 5.60. The van der Waals surface area contributed by atoms with Crippen LogP contribution in [-0.4, -0.2) is 0 Å². The Balaban J connectivity index is 1.05. The maximum Gasteiger partial charge on any atom is 0.0476 e. The van der Waals surface area contributed by atoms with Crippen LogP contribution in [0.4, 0.5) is 17.1 Å². The van der Waals surface area contributed by atoms with E-state index in [-0.39, 0.29) is 0 Å². The van der Waals surface area contributed by atoms with E-state index >= 15 is 0 Å². The molecule has 0 fully saturated rings. The quantitative estimate of drug-likeness (QED) is 0.171. The first-order chi connectivity index (χ1) is 25.7. The van der Waals surface area contributed by atoms with Crippen molar-refractivity contribution in [3.63, 3.8) is 0 Å². The largest absolute Gasteiger partial charge is 0.310 e. The van der Waals surface area contributed by atoms with E-state index in [2.05, 4.69) is 181 Å². The Morgan fingerprint density at radius 3 is 1.54 bits per heavy atom. The summed E-state index contributed by atoms with van der Waals surface area (Å²) in [6, 6.07) is 64.9. The molecule has 0 aliphatic heterocycles. The average Bonchev–Trinajstić information content (AvgIpc) is 3.89. The third-order valence-electron chi connectivity index (χ3n) is 10.3. The normalized spacial score (nSPS) is 11.8. The molecule has 0 saturated carbocycles. The minimum absolute atomic E-state index is 1.13. The maximum atomic E-state index is 2.41. The van der Waals surface area contributed by atoms with Gasteiger partial charge in [0.25, 0.3) is 0 Å². The van der Waals surface area contributed by atoms with Crippen molar-refractivity contribution in [3.05, 3.63) is 176 Å². The van der Waals surface area contributed by atoms with Crippen LogP contribution < -0.4 is 4.90 Å². The summed E-state index contributed by atoms with van der Waals surface area (Å²) in [6.45, 7) is 0. The fraction of sp³-hybridized carbons (Fsp3) is 0. The molecule has 0 atom stereocenters. The van der Waals surface area contributed by atoms with E-state index in [0.29, 0.717) is 0 Å². The molecule has 0 aliphatic rings. The number of thiophene rings is 3. The number of hydrogen-bond acceptors (Lipinski definition) is 4. The summed E-state index contributed by atoms with van der Waals surface area (Å²) in [7, 11) is 0. The van der Waals surface area contributed by atoms with Gasteiger partial charge in [0.05, 0.1) is 0 Å². The Labute approximate surface area is 312 Å². The van der Waals surface area contributed by atoms with Crippen molar-refractivity contribution in [2.45, 2.75) is 0 Å². The molecule has 244 valence electrons. The van der Waals surface area contributed by atoms with E-state index in [4.69, 9.17) is 0 Å². The van der Waals surface area contributed by atoms with Crippen LogP contribution in [0.1, 0.15) is 0 Å². The lowest BCUT2D eigenvalue weighted by Crippen LogP contribution is -2.09. The zero-order valence-electron chi connectivity index (χ0n) is 27.9. The van der Waals surface area contributed by atoms with Gasteiger partial charge >= 0.3 is 0 Å². The number of rotatable bonds is 5. The van der Waals surface area contributed by atoms with Crippen LogP contribution >= 0.6 is 34.0 Å². The molecule has 0 N–H and O–H groups in total. The maximum absolute atomic E-state index is 2.41. The number of benzene rings is 8. The van der Waals surface area contributed by atoms with Gasteiger partial charge in [-0.25, -0.2) is 0 Å². The van der Waals surface area contributed by atoms with Crippen LogP contribution in [0.3, 0.4) is 0 Å². The molecule has 0 radical (unpaired) electrons. The lowest BCUT2D eigenvalue weighted by molar-refractivity contribution is 1.29. The fourth-order valence-electron chi connectivity index (χ4n) is 7.84. The first kappa shape index (κ1) is 29.9. The molecule has 3 aromatic heterocycles. The molecule has 0 bridgehead atoms. The smallest absolute Gasteiger partial charge is 0.0476 e. The molecule has 1 nitrogen and oxygen atoms in total. The van der Waals surface area contributed by atoms with Gasteiger partial charge < -0.3 is 4.90 Å². The van der Waals surface area contributed by atoms with E-state index < -0.39 is 0 Å². The van der Waals surface area contributed by atoms with E-state index in [1.807, 2.05) is 34.0 Å². The van der Waals surface area contributed by atoms with Crippen molar-refractivity contribution in [1.82, 2.24) is 0 Å². The second-order valence-corrected chi connectivity index (χ2v) is 16.5. The monoisotopic (exact) mass is 715 g/mol. The Bertz CT molecular complexity index is 3140. The molecule has 0 spiro atoms. The lowest BCUT2D eigenvalue weighted by atomic mass is 9.99. The predicted molar refractivity (Wildman–Crippen MR) is 231 cm³/mol. The van der Waals surface area contributed by atoms with Gasteiger partial charge in [0.15, 0.2) is 0 Å². The standard InChI is InChI=1S/C48H29NS3/c1-4-15-42-37(11-1)39-25-21-32(28-46(39)51-42)31-9-7-10-34(27-31)49(35-24-26-40-38-12-2-5-16-43(38)52-47(40)29-35)33-22-19-30(20-23-33)36-14-8-18-45-48(36)41-13-3-6-17-44(41)50-45/h1-29H. The van der Waals surface area contributed by atoms with E-state index in [0.717, 1.165) is 17.1 Å². The van der Waals surface area contributed by atoms with Gasteiger partial charge in [-0.3, -0.25) is 0 Å². The second-order valence-electron chi connectivity index (χ2n) is 13.3. The van der Waals surface area contributed by atoms with Crippen molar-refractivity contribution in [1.29, 1.82) is 0 Å². The summed E-state index contributed by atoms with van der Waals surface area (Å²) < 4.78 is 7.92. The van der Waals surface area contributed by atoms with Gasteiger partial charge in [0.2, 0.25) is 0 Å². The molecule has 8 aromatic carbocycles. The van der Waals surface area contributed by atoms with Crippen molar-refractivity contribution in [2.24, 2.45) is 0 Å². The van der Waals surface area contributed by atoms with Crippen LogP contribution in [0, 0.1) is 0 Å². The number of anilines is 3. The van der Waals surface area contributed by atoms with Gasteiger partial charge in [-0.05, 0) is 89.0 Å². The van der Waals surface area contributed by atoms with E-state index in [1.54, 1.807) is 0 Å². The summed E-state index contributed by atoms with van der Waals surface area (Å²) in [5, 5.41) is 7.94. The number of nitrogens with zero attached hydrogens (tertiary/aromatic N) is 1. The van der Waals surface area contributed by atoms with Crippen LogP contribution in [0.5, 0.6) is 0 Å². The second kappa shape index (κ2) is 11.9. The lowest BCUT2D eigenvalue weighted by Gasteiger charge is -2.26. The van der Waals surface area contributed by atoms with E-state index in [9.17, 15) is 0 Å². The molecule has 3 heterocycles. The summed E-state index contributed by atoms with van der Waals surface area (Å²) in [5.74, 6) is 0. The number of fused-ring (bicyclic) bond motifs is 9. The van der Waals surface area contributed by atoms with Crippen molar-refractivity contribution in [2.75, 3.05) is 4.90 Å². The Morgan fingerprint density at radius 1 is 0.288 bits per heavy atom. The van der Waals surface area contributed by atoms with Gasteiger partial charge in [0.1, 0.15) is 0 Å². The molecule has 0 aliphatic carbocycles. The summed E-state index contributed by atoms with van der Waals surface area (Å²) in [4.78, 5) is 2.41. The zero-order chi connectivity index (χ0) is 34.2. The third-order valence-corrected chi connectivity index (χ3v) is 13.7. The minimum Gasteiger partial charge on any atom is -0.310 e. The molecular formula is C48H29NS3. The Hall–Kier alpha value is -5.78. The first-order valence-corrected chi connectivity index (χ1v) is 19.9. The van der Waals surface area contributed by atoms with Gasteiger partial charge in [0, 0.05) is 77.6 Å². The average molecular weight is 716 g/mol. The number of hydrogen-bond donors (Lipinski definition) is 0. The minimum atomic E-state index is 1.13. The predicted octanol–water partition coefficient (Wildman–Crippen LogP) is 15.6. The Kier molecular flexibility index (Phi) is 6.84. The highest BCUT2D eigenvalue weighted by atomic mass is 32.1. The van der Waals surface area contributed by atoms with E-state index in [1.165, 1.54) is 82.8 Å². The van der Waals surface area contributed by atoms with Gasteiger partial charge in [-0.15, -0.1) is 34.0 Å². The van der Waals surface area contributed by atoms with Crippen LogP contribution in [-0.2, 0) is 0 Å². The van der Waals surface area contributed by atoms with Gasteiger partial charge in [-0.1, -0.05) is 109 Å². The van der Waals surface area contributed by atoms with Crippen molar-refractivity contribution >= 4 is 112 Å². The SMILES string of the molecule is c1cc(-c2ccc3c(c2)sc2ccccc23)cc(N(c2ccc(-c3cccc4sc5ccccc5c34)cc2)c2ccc3c(c2)sc2ccccc23)c1. The molecule has 52 heavy (non-hydrogen) atoms. The van der Waals surface area contributed by atoms with Gasteiger partial charge in [-0.2, -0.15) is 0 Å². The van der Waals surface area contributed by atoms with Crippen LogP contribution in [0.15, 0.2) is 176 Å². The third kappa shape index (κ3) is 4.80. The highest BCUT2D eigenvalue weighted by Crippen LogP contribution is 2.44. The molecule has 4 heteroatoms. The fourth-order valence-corrected chi connectivity index (χ4v) is 11.3. The molecule has 0 unspecified atom stereocenters. The molecule has 0 amide bonds. The van der Waals surface area contributed by atoms with Crippen molar-refractivity contribution in [3.8, 4) is 22.3 Å². The summed E-state index contributed by atoms with van der Waals surface area (Å²) in [5.41, 5.74) is 8.35. The highest BCUT2D eigenvalue weighted by Gasteiger charge is 2.17. The summed E-state index contributed by atoms with van der Waals surface area (Å²) in [6.07, 6.45) is 0. The van der Waals surface area contributed by atoms with Crippen LogP contribution in [0.2, 0.25) is 0 Å². The zero-order valence-corrected chi connectivity index (χ0v) is 30.4. The highest BCUT2D eigenvalue weighted by molar-refractivity contribution is 7.26. The topological polar surface area (TPSA) is 3.24 Å². The van der Waals surface area contributed by atoms with Crippen molar-refractivity contribution < 1.29 is 0 Å².